The van der Waals surface area contributed by atoms with E-state index in [0.29, 0.717) is 10.6 Å². The molecule has 94 valence electrons. The Morgan fingerprint density at radius 2 is 2.17 bits per heavy atom. The third kappa shape index (κ3) is 2.34. The van der Waals surface area contributed by atoms with Crippen molar-refractivity contribution in [2.75, 3.05) is 0 Å². The smallest absolute Gasteiger partial charge is 0.195 e. The van der Waals surface area contributed by atoms with Gasteiger partial charge in [-0.1, -0.05) is 17.7 Å². The van der Waals surface area contributed by atoms with Gasteiger partial charge in [-0.05, 0) is 30.8 Å². The van der Waals surface area contributed by atoms with Gasteiger partial charge in [0.1, 0.15) is 11.7 Å². The number of benzene rings is 1. The van der Waals surface area contributed by atoms with E-state index >= 15 is 0 Å². The molecule has 2 aromatic rings. The number of aromatic nitrogens is 3. The molecule has 1 aromatic carbocycles. The molecular weight excluding hydrogens is 270 g/mol. The SMILES string of the molecule is Cc1nnc(Sc2cccc(Cl)c2C(=N)N)n1C. The standard InChI is InChI=1S/C11H12ClN5S/c1-6-15-16-11(17(6)2)18-8-5-3-4-7(12)9(8)10(13)14/h3-5H,1-2H3,(H3,13,14). The molecule has 2 rings (SSSR count). The van der Waals surface area contributed by atoms with Gasteiger partial charge in [0.25, 0.3) is 0 Å². The minimum absolute atomic E-state index is 0.0537. The van der Waals surface area contributed by atoms with Gasteiger partial charge in [-0.25, -0.2) is 0 Å². The van der Waals surface area contributed by atoms with Crippen LogP contribution in [0.25, 0.3) is 0 Å². The van der Waals surface area contributed by atoms with Crippen molar-refractivity contribution in [3.05, 3.63) is 34.6 Å². The van der Waals surface area contributed by atoms with Crippen LogP contribution in [0.4, 0.5) is 0 Å². The molecule has 0 saturated heterocycles. The first kappa shape index (κ1) is 12.9. The summed E-state index contributed by atoms with van der Waals surface area (Å²) in [7, 11) is 1.88. The summed E-state index contributed by atoms with van der Waals surface area (Å²) < 4.78 is 1.87. The van der Waals surface area contributed by atoms with Crippen molar-refractivity contribution in [3.8, 4) is 0 Å². The van der Waals surface area contributed by atoms with Crippen molar-refractivity contribution < 1.29 is 0 Å². The summed E-state index contributed by atoms with van der Waals surface area (Å²) in [5.41, 5.74) is 6.09. The highest BCUT2D eigenvalue weighted by molar-refractivity contribution is 7.99. The normalized spacial score (nSPS) is 10.6. The Kier molecular flexibility index (Phi) is 3.58. The van der Waals surface area contributed by atoms with Crippen molar-refractivity contribution in [2.45, 2.75) is 17.0 Å². The lowest BCUT2D eigenvalue weighted by atomic mass is 10.2. The highest BCUT2D eigenvalue weighted by atomic mass is 35.5. The van der Waals surface area contributed by atoms with E-state index in [-0.39, 0.29) is 5.84 Å². The molecule has 1 aromatic heterocycles. The number of nitrogens with zero attached hydrogens (tertiary/aromatic N) is 3. The van der Waals surface area contributed by atoms with Gasteiger partial charge in [-0.3, -0.25) is 5.41 Å². The van der Waals surface area contributed by atoms with Crippen LogP contribution in [0.1, 0.15) is 11.4 Å². The summed E-state index contributed by atoms with van der Waals surface area (Å²) in [6.07, 6.45) is 0. The van der Waals surface area contributed by atoms with Crippen molar-refractivity contribution in [2.24, 2.45) is 12.8 Å². The van der Waals surface area contributed by atoms with Crippen LogP contribution in [0.5, 0.6) is 0 Å². The van der Waals surface area contributed by atoms with Gasteiger partial charge in [0, 0.05) is 17.5 Å². The third-order valence-electron chi connectivity index (χ3n) is 2.50. The molecule has 0 fully saturated rings. The number of aryl methyl sites for hydroxylation is 1. The summed E-state index contributed by atoms with van der Waals surface area (Å²) >= 11 is 7.45. The summed E-state index contributed by atoms with van der Waals surface area (Å²) in [4.78, 5) is 0.797. The van der Waals surface area contributed by atoms with Crippen LogP contribution in [0, 0.1) is 12.3 Å². The fourth-order valence-electron chi connectivity index (χ4n) is 1.43. The zero-order valence-electron chi connectivity index (χ0n) is 9.94. The van der Waals surface area contributed by atoms with E-state index in [9.17, 15) is 0 Å². The summed E-state index contributed by atoms with van der Waals surface area (Å²) in [5.74, 6) is 0.769. The van der Waals surface area contributed by atoms with Gasteiger partial charge in [0.05, 0.1) is 5.02 Å². The molecule has 7 heteroatoms. The Balaban J connectivity index is 2.44. The van der Waals surface area contributed by atoms with Crippen LogP contribution in [0.3, 0.4) is 0 Å². The number of hydrogen-bond acceptors (Lipinski definition) is 4. The predicted octanol–water partition coefficient (Wildman–Crippen LogP) is 2.21. The molecule has 0 aliphatic heterocycles. The highest BCUT2D eigenvalue weighted by Gasteiger charge is 2.14. The molecule has 5 nitrogen and oxygen atoms in total. The quantitative estimate of drug-likeness (QED) is 0.668. The van der Waals surface area contributed by atoms with Gasteiger partial charge in [0.2, 0.25) is 0 Å². The molecule has 0 spiro atoms. The second kappa shape index (κ2) is 4.99. The molecule has 0 bridgehead atoms. The molecule has 0 atom stereocenters. The zero-order valence-corrected chi connectivity index (χ0v) is 11.5. The zero-order chi connectivity index (χ0) is 13.3. The minimum Gasteiger partial charge on any atom is -0.384 e. The topological polar surface area (TPSA) is 80.6 Å². The van der Waals surface area contributed by atoms with Crippen LogP contribution in [0.2, 0.25) is 5.02 Å². The summed E-state index contributed by atoms with van der Waals surface area (Å²) in [6.45, 7) is 1.88. The number of halogens is 1. The van der Waals surface area contributed by atoms with Crippen LogP contribution >= 0.6 is 23.4 Å². The van der Waals surface area contributed by atoms with Gasteiger partial charge in [0.15, 0.2) is 5.16 Å². The molecular formula is C11H12ClN5S. The van der Waals surface area contributed by atoms with Crippen molar-refractivity contribution >= 4 is 29.2 Å². The molecule has 0 aliphatic rings. The Bertz CT molecular complexity index is 607. The molecule has 3 N–H and O–H groups in total. The maximum absolute atomic E-state index is 7.58. The van der Waals surface area contributed by atoms with E-state index < -0.39 is 0 Å². The van der Waals surface area contributed by atoms with Gasteiger partial charge in [-0.2, -0.15) is 0 Å². The van der Waals surface area contributed by atoms with Crippen LogP contribution in [-0.2, 0) is 7.05 Å². The number of nitrogens with two attached hydrogens (primary N) is 1. The molecule has 0 unspecified atom stereocenters. The molecule has 18 heavy (non-hydrogen) atoms. The fourth-order valence-corrected chi connectivity index (χ4v) is 2.77. The van der Waals surface area contributed by atoms with Gasteiger partial charge in [-0.15, -0.1) is 10.2 Å². The number of rotatable bonds is 3. The Hall–Kier alpha value is -1.53. The third-order valence-corrected chi connectivity index (χ3v) is 3.91. The summed E-state index contributed by atoms with van der Waals surface area (Å²) in [5, 5.41) is 16.8. The lowest BCUT2D eigenvalue weighted by Gasteiger charge is -2.09. The van der Waals surface area contributed by atoms with E-state index in [0.717, 1.165) is 15.9 Å². The van der Waals surface area contributed by atoms with Crippen LogP contribution in [0.15, 0.2) is 28.3 Å². The van der Waals surface area contributed by atoms with Crippen LogP contribution in [-0.4, -0.2) is 20.6 Å². The molecule has 1 heterocycles. The number of nitrogen functional groups attached to an aromatic ring is 1. The molecule has 0 amide bonds. The Morgan fingerprint density at radius 3 is 2.72 bits per heavy atom. The van der Waals surface area contributed by atoms with Crippen molar-refractivity contribution in [1.29, 1.82) is 5.41 Å². The lowest BCUT2D eigenvalue weighted by Crippen LogP contribution is -2.13. The number of amidine groups is 1. The maximum atomic E-state index is 7.58. The number of nitrogens with one attached hydrogen (secondary N) is 1. The first-order chi connectivity index (χ1) is 8.50. The lowest BCUT2D eigenvalue weighted by molar-refractivity contribution is 0.765. The molecule has 0 radical (unpaired) electrons. The molecule has 0 aliphatic carbocycles. The predicted molar refractivity (Wildman–Crippen MR) is 72.3 cm³/mol. The Morgan fingerprint density at radius 1 is 1.44 bits per heavy atom. The van der Waals surface area contributed by atoms with Crippen LogP contribution < -0.4 is 5.73 Å². The minimum atomic E-state index is -0.0537. The largest absolute Gasteiger partial charge is 0.384 e. The van der Waals surface area contributed by atoms with Crippen molar-refractivity contribution in [3.63, 3.8) is 0 Å². The van der Waals surface area contributed by atoms with E-state index in [4.69, 9.17) is 22.7 Å². The van der Waals surface area contributed by atoms with E-state index in [1.165, 1.54) is 11.8 Å². The second-order valence-electron chi connectivity index (χ2n) is 3.72. The van der Waals surface area contributed by atoms with Crippen molar-refractivity contribution in [1.82, 2.24) is 14.8 Å². The highest BCUT2D eigenvalue weighted by Crippen LogP contribution is 2.32. The maximum Gasteiger partial charge on any atom is 0.195 e. The van der Waals surface area contributed by atoms with Gasteiger partial charge >= 0.3 is 0 Å². The first-order valence-corrected chi connectivity index (χ1v) is 6.37. The monoisotopic (exact) mass is 281 g/mol. The second-order valence-corrected chi connectivity index (χ2v) is 5.13. The van der Waals surface area contributed by atoms with E-state index in [2.05, 4.69) is 10.2 Å². The average Bonchev–Trinajstić information content (AvgIpc) is 2.60. The van der Waals surface area contributed by atoms with Gasteiger partial charge < -0.3 is 10.3 Å². The molecule has 0 saturated carbocycles. The summed E-state index contributed by atoms with van der Waals surface area (Å²) in [6, 6.07) is 5.39. The first-order valence-electron chi connectivity index (χ1n) is 5.17. The number of hydrogen-bond donors (Lipinski definition) is 2. The van der Waals surface area contributed by atoms with E-state index in [1.54, 1.807) is 6.07 Å². The Labute approximate surface area is 114 Å². The van der Waals surface area contributed by atoms with E-state index in [1.807, 2.05) is 30.7 Å². The fraction of sp³-hybridized carbons (Fsp3) is 0.182. The average molecular weight is 282 g/mol.